The van der Waals surface area contributed by atoms with Crippen molar-refractivity contribution < 1.29 is 13.2 Å². The monoisotopic (exact) mass is 347 g/mol. The fraction of sp³-hybridized carbons (Fsp3) is 0.294. The van der Waals surface area contributed by atoms with Gasteiger partial charge in [0.2, 0.25) is 15.9 Å². The standard InChI is InChI=1S/C17H21N3O3S/c1-2-14-3-5-16(6-4-14)13-24(22,23)20-12-17(21)19-11-15-7-9-18-10-8-15/h3-10,20H,2,11-13H2,1H3,(H,19,21). The number of hydrogen-bond donors (Lipinski definition) is 2. The summed E-state index contributed by atoms with van der Waals surface area (Å²) in [5, 5.41) is 2.66. The molecule has 7 heteroatoms. The first-order chi connectivity index (χ1) is 11.5. The fourth-order valence-corrected chi connectivity index (χ4v) is 3.17. The number of sulfonamides is 1. The van der Waals surface area contributed by atoms with Gasteiger partial charge in [-0.1, -0.05) is 31.2 Å². The van der Waals surface area contributed by atoms with Gasteiger partial charge in [0, 0.05) is 18.9 Å². The Morgan fingerprint density at radius 3 is 2.25 bits per heavy atom. The summed E-state index contributed by atoms with van der Waals surface area (Å²) in [6.45, 7) is 2.10. The van der Waals surface area contributed by atoms with Crippen LogP contribution in [0, 0.1) is 0 Å². The lowest BCUT2D eigenvalue weighted by molar-refractivity contribution is -0.120. The zero-order valence-electron chi connectivity index (χ0n) is 13.5. The number of amides is 1. The zero-order valence-corrected chi connectivity index (χ0v) is 14.3. The van der Waals surface area contributed by atoms with Crippen molar-refractivity contribution in [3.05, 3.63) is 65.5 Å². The lowest BCUT2D eigenvalue weighted by atomic mass is 10.1. The van der Waals surface area contributed by atoms with Crippen molar-refractivity contribution in [2.24, 2.45) is 0 Å². The van der Waals surface area contributed by atoms with Gasteiger partial charge in [-0.15, -0.1) is 0 Å². The van der Waals surface area contributed by atoms with Crippen molar-refractivity contribution in [1.82, 2.24) is 15.0 Å². The molecule has 2 N–H and O–H groups in total. The number of hydrogen-bond acceptors (Lipinski definition) is 4. The van der Waals surface area contributed by atoms with Gasteiger partial charge in [-0.05, 0) is 35.2 Å². The zero-order chi connectivity index (χ0) is 17.4. The summed E-state index contributed by atoms with van der Waals surface area (Å²) < 4.78 is 26.4. The average molecular weight is 347 g/mol. The molecule has 1 aromatic carbocycles. The van der Waals surface area contributed by atoms with Crippen LogP contribution in [0.3, 0.4) is 0 Å². The summed E-state index contributed by atoms with van der Waals surface area (Å²) in [6.07, 6.45) is 4.17. The van der Waals surface area contributed by atoms with Crippen LogP contribution in [-0.4, -0.2) is 25.9 Å². The van der Waals surface area contributed by atoms with E-state index in [1.54, 1.807) is 36.7 Å². The van der Waals surface area contributed by atoms with Crippen LogP contribution in [-0.2, 0) is 33.5 Å². The van der Waals surface area contributed by atoms with Crippen molar-refractivity contribution in [1.29, 1.82) is 0 Å². The summed E-state index contributed by atoms with van der Waals surface area (Å²) in [5.74, 6) is -0.522. The highest BCUT2D eigenvalue weighted by Crippen LogP contribution is 2.08. The third kappa shape index (κ3) is 6.10. The van der Waals surface area contributed by atoms with Gasteiger partial charge in [0.25, 0.3) is 0 Å². The molecule has 24 heavy (non-hydrogen) atoms. The summed E-state index contributed by atoms with van der Waals surface area (Å²) in [7, 11) is -3.55. The lowest BCUT2D eigenvalue weighted by Gasteiger charge is -2.08. The van der Waals surface area contributed by atoms with Gasteiger partial charge < -0.3 is 5.32 Å². The first-order valence-corrected chi connectivity index (χ1v) is 9.34. The van der Waals surface area contributed by atoms with E-state index in [9.17, 15) is 13.2 Å². The molecule has 0 saturated heterocycles. The van der Waals surface area contributed by atoms with E-state index in [-0.39, 0.29) is 18.2 Å². The Kier molecular flexibility index (Phi) is 6.45. The van der Waals surface area contributed by atoms with Crippen molar-refractivity contribution in [2.45, 2.75) is 25.6 Å². The fourth-order valence-electron chi connectivity index (χ4n) is 2.08. The van der Waals surface area contributed by atoms with Gasteiger partial charge in [0.05, 0.1) is 12.3 Å². The summed E-state index contributed by atoms with van der Waals surface area (Å²) in [6, 6.07) is 11.0. The number of aryl methyl sites for hydroxylation is 1. The third-order valence-corrected chi connectivity index (χ3v) is 4.78. The van der Waals surface area contributed by atoms with Crippen molar-refractivity contribution in [3.63, 3.8) is 0 Å². The number of nitrogens with one attached hydrogen (secondary N) is 2. The second-order valence-corrected chi connectivity index (χ2v) is 7.19. The molecule has 0 aliphatic carbocycles. The second-order valence-electron chi connectivity index (χ2n) is 5.38. The number of aromatic nitrogens is 1. The van der Waals surface area contributed by atoms with Crippen LogP contribution in [0.15, 0.2) is 48.8 Å². The summed E-state index contributed by atoms with van der Waals surface area (Å²) in [5.41, 5.74) is 2.74. The molecule has 6 nitrogen and oxygen atoms in total. The molecule has 0 radical (unpaired) electrons. The van der Waals surface area contributed by atoms with Crippen molar-refractivity contribution >= 4 is 15.9 Å². The molecule has 2 aromatic rings. The molecule has 128 valence electrons. The Bertz CT molecular complexity index is 759. The third-order valence-electron chi connectivity index (χ3n) is 3.48. The Balaban J connectivity index is 1.79. The van der Waals surface area contributed by atoms with E-state index >= 15 is 0 Å². The molecular formula is C17H21N3O3S. The number of carbonyl (C=O) groups is 1. The van der Waals surface area contributed by atoms with Gasteiger partial charge in [-0.3, -0.25) is 9.78 Å². The molecule has 0 spiro atoms. The molecule has 0 aliphatic rings. The smallest absolute Gasteiger partial charge is 0.235 e. The highest BCUT2D eigenvalue weighted by Gasteiger charge is 2.13. The van der Waals surface area contributed by atoms with Crippen LogP contribution >= 0.6 is 0 Å². The summed E-state index contributed by atoms with van der Waals surface area (Å²) in [4.78, 5) is 15.6. The highest BCUT2D eigenvalue weighted by molar-refractivity contribution is 7.88. The molecule has 0 unspecified atom stereocenters. The van der Waals surface area contributed by atoms with Crippen LogP contribution in [0.1, 0.15) is 23.6 Å². The molecule has 2 rings (SSSR count). The van der Waals surface area contributed by atoms with E-state index in [1.165, 1.54) is 0 Å². The molecule has 1 heterocycles. The maximum absolute atomic E-state index is 12.0. The molecule has 0 fully saturated rings. The molecule has 0 aliphatic heterocycles. The summed E-state index contributed by atoms with van der Waals surface area (Å²) >= 11 is 0. The van der Waals surface area contributed by atoms with E-state index in [0.717, 1.165) is 17.5 Å². The van der Waals surface area contributed by atoms with Crippen LogP contribution in [0.2, 0.25) is 0 Å². The first kappa shape index (κ1) is 18.1. The van der Waals surface area contributed by atoms with Crippen LogP contribution < -0.4 is 10.0 Å². The Hall–Kier alpha value is -2.25. The van der Waals surface area contributed by atoms with E-state index in [4.69, 9.17) is 0 Å². The Morgan fingerprint density at radius 2 is 1.62 bits per heavy atom. The molecule has 1 amide bonds. The minimum absolute atomic E-state index is 0.144. The second kappa shape index (κ2) is 8.56. The number of carbonyl (C=O) groups excluding carboxylic acids is 1. The number of benzene rings is 1. The topological polar surface area (TPSA) is 88.2 Å². The molecular weight excluding hydrogens is 326 g/mol. The van der Waals surface area contributed by atoms with Crippen molar-refractivity contribution in [2.75, 3.05) is 6.54 Å². The van der Waals surface area contributed by atoms with Gasteiger partial charge >= 0.3 is 0 Å². The van der Waals surface area contributed by atoms with Gasteiger partial charge in [-0.25, -0.2) is 13.1 Å². The predicted molar refractivity (Wildman–Crippen MR) is 92.5 cm³/mol. The molecule has 1 aromatic heterocycles. The largest absolute Gasteiger partial charge is 0.351 e. The highest BCUT2D eigenvalue weighted by atomic mass is 32.2. The van der Waals surface area contributed by atoms with Crippen LogP contribution in [0.25, 0.3) is 0 Å². The molecule has 0 atom stereocenters. The SMILES string of the molecule is CCc1ccc(CS(=O)(=O)NCC(=O)NCc2ccncc2)cc1. The number of nitrogens with zero attached hydrogens (tertiary/aromatic N) is 1. The average Bonchev–Trinajstić information content (AvgIpc) is 2.59. The van der Waals surface area contributed by atoms with Gasteiger partial charge in [-0.2, -0.15) is 0 Å². The predicted octanol–water partition coefficient (Wildman–Crippen LogP) is 1.38. The van der Waals surface area contributed by atoms with Crippen LogP contribution in [0.5, 0.6) is 0 Å². The normalized spacial score (nSPS) is 11.2. The number of rotatable bonds is 8. The molecule has 0 bridgehead atoms. The number of pyridine rings is 1. The maximum atomic E-state index is 12.0. The minimum atomic E-state index is -3.55. The van der Waals surface area contributed by atoms with E-state index in [2.05, 4.69) is 15.0 Å². The minimum Gasteiger partial charge on any atom is -0.351 e. The maximum Gasteiger partial charge on any atom is 0.235 e. The molecule has 0 saturated carbocycles. The van der Waals surface area contributed by atoms with Crippen LogP contribution in [0.4, 0.5) is 0 Å². The van der Waals surface area contributed by atoms with Crippen molar-refractivity contribution in [3.8, 4) is 0 Å². The van der Waals surface area contributed by atoms with Gasteiger partial charge in [0.1, 0.15) is 0 Å². The quantitative estimate of drug-likeness (QED) is 0.755. The lowest BCUT2D eigenvalue weighted by Crippen LogP contribution is -2.37. The first-order valence-electron chi connectivity index (χ1n) is 7.69. The van der Waals surface area contributed by atoms with E-state index < -0.39 is 10.0 Å². The van der Waals surface area contributed by atoms with E-state index in [1.807, 2.05) is 19.1 Å². The Morgan fingerprint density at radius 1 is 1.00 bits per heavy atom. The van der Waals surface area contributed by atoms with E-state index in [0.29, 0.717) is 12.1 Å². The van der Waals surface area contributed by atoms with Gasteiger partial charge in [0.15, 0.2) is 0 Å². The Labute approximate surface area is 142 Å².